The number of aryl methyl sites for hydroxylation is 1. The number of ether oxygens (including phenoxy) is 1. The maximum atomic E-state index is 11.2. The molecule has 78 valence electrons. The Labute approximate surface area is 87.3 Å². The third-order valence-corrected chi connectivity index (χ3v) is 2.16. The summed E-state index contributed by atoms with van der Waals surface area (Å²) in [5.41, 5.74) is 1.25. The van der Waals surface area contributed by atoms with Gasteiger partial charge >= 0.3 is 5.63 Å². The van der Waals surface area contributed by atoms with Crippen LogP contribution in [0.15, 0.2) is 33.5 Å². The lowest BCUT2D eigenvalue weighted by Gasteiger charge is -2.05. The zero-order valence-electron chi connectivity index (χ0n) is 8.74. The molecule has 0 unspecified atom stereocenters. The Hall–Kier alpha value is -1.77. The van der Waals surface area contributed by atoms with Gasteiger partial charge in [0, 0.05) is 0 Å². The highest BCUT2D eigenvalue weighted by Gasteiger charge is 2.05. The first-order valence-electron chi connectivity index (χ1n) is 4.88. The molecule has 0 bridgehead atoms. The average molecular weight is 204 g/mol. The van der Waals surface area contributed by atoms with E-state index in [0.717, 1.165) is 10.9 Å². The van der Waals surface area contributed by atoms with Crippen molar-refractivity contribution in [3.05, 3.63) is 40.2 Å². The van der Waals surface area contributed by atoms with Crippen LogP contribution in [-0.2, 0) is 0 Å². The molecule has 2 aromatic rings. The molecule has 3 nitrogen and oxygen atoms in total. The Bertz CT molecular complexity index is 540. The van der Waals surface area contributed by atoms with Crippen LogP contribution in [0.3, 0.4) is 0 Å². The van der Waals surface area contributed by atoms with Crippen molar-refractivity contribution in [2.75, 3.05) is 6.61 Å². The van der Waals surface area contributed by atoms with Crippen LogP contribution in [0.5, 0.6) is 5.75 Å². The Balaban J connectivity index is 2.74. The lowest BCUT2D eigenvalue weighted by Crippen LogP contribution is -2.01. The van der Waals surface area contributed by atoms with Crippen molar-refractivity contribution in [3.8, 4) is 5.75 Å². The van der Waals surface area contributed by atoms with Gasteiger partial charge in [0.2, 0.25) is 0 Å². The maximum absolute atomic E-state index is 11.2. The fourth-order valence-electron chi connectivity index (χ4n) is 1.52. The Morgan fingerprint density at radius 3 is 2.87 bits per heavy atom. The first-order valence-corrected chi connectivity index (χ1v) is 4.88. The van der Waals surface area contributed by atoms with E-state index in [1.54, 1.807) is 0 Å². The van der Waals surface area contributed by atoms with Gasteiger partial charge in [0.15, 0.2) is 0 Å². The van der Waals surface area contributed by atoms with E-state index in [1.807, 2.05) is 32.0 Å². The third kappa shape index (κ3) is 1.86. The summed E-state index contributed by atoms with van der Waals surface area (Å²) in [5, 5.41) is 0.835. The molecular formula is C12H12O3. The van der Waals surface area contributed by atoms with Crippen molar-refractivity contribution < 1.29 is 9.15 Å². The van der Waals surface area contributed by atoms with Gasteiger partial charge in [0.1, 0.15) is 11.3 Å². The molecule has 0 fully saturated rings. The van der Waals surface area contributed by atoms with Crippen LogP contribution in [0.4, 0.5) is 0 Å². The second-order valence-electron chi connectivity index (χ2n) is 3.36. The summed E-state index contributed by atoms with van der Waals surface area (Å²) >= 11 is 0. The van der Waals surface area contributed by atoms with E-state index in [0.29, 0.717) is 17.9 Å². The molecule has 0 aliphatic rings. The van der Waals surface area contributed by atoms with Crippen molar-refractivity contribution >= 4 is 11.0 Å². The van der Waals surface area contributed by atoms with Gasteiger partial charge in [0.25, 0.3) is 0 Å². The minimum absolute atomic E-state index is 0.378. The molecule has 0 amide bonds. The number of hydrogen-bond donors (Lipinski definition) is 0. The largest absolute Gasteiger partial charge is 0.493 e. The first kappa shape index (κ1) is 9.77. The summed E-state index contributed by atoms with van der Waals surface area (Å²) in [6, 6.07) is 7.07. The van der Waals surface area contributed by atoms with Gasteiger partial charge in [-0.25, -0.2) is 4.79 Å². The molecule has 0 aliphatic heterocycles. The molecule has 0 aliphatic carbocycles. The second kappa shape index (κ2) is 3.77. The monoisotopic (exact) mass is 204 g/mol. The fourth-order valence-corrected chi connectivity index (χ4v) is 1.52. The van der Waals surface area contributed by atoms with Gasteiger partial charge in [-0.05, 0) is 31.5 Å². The fraction of sp³-hybridized carbons (Fsp3) is 0.250. The van der Waals surface area contributed by atoms with E-state index in [2.05, 4.69) is 0 Å². The highest BCUT2D eigenvalue weighted by molar-refractivity contribution is 5.83. The van der Waals surface area contributed by atoms with Crippen LogP contribution in [0.25, 0.3) is 11.0 Å². The number of rotatable bonds is 2. The molecule has 0 N–H and O–H groups in total. The van der Waals surface area contributed by atoms with Crippen LogP contribution in [0.2, 0.25) is 0 Å². The Morgan fingerprint density at radius 1 is 1.33 bits per heavy atom. The highest BCUT2D eigenvalue weighted by Crippen LogP contribution is 2.24. The van der Waals surface area contributed by atoms with E-state index in [9.17, 15) is 4.79 Å². The summed E-state index contributed by atoms with van der Waals surface area (Å²) < 4.78 is 10.5. The van der Waals surface area contributed by atoms with E-state index in [-0.39, 0.29) is 5.63 Å². The second-order valence-corrected chi connectivity index (χ2v) is 3.36. The van der Waals surface area contributed by atoms with Crippen LogP contribution in [0, 0.1) is 6.92 Å². The van der Waals surface area contributed by atoms with Gasteiger partial charge in [-0.15, -0.1) is 0 Å². The van der Waals surface area contributed by atoms with Crippen molar-refractivity contribution in [1.29, 1.82) is 0 Å². The molecule has 0 saturated heterocycles. The predicted molar refractivity (Wildman–Crippen MR) is 58.4 cm³/mol. The minimum atomic E-state index is -0.378. The molecule has 0 radical (unpaired) electrons. The van der Waals surface area contributed by atoms with E-state index in [1.165, 1.54) is 6.07 Å². The van der Waals surface area contributed by atoms with E-state index >= 15 is 0 Å². The summed E-state index contributed by atoms with van der Waals surface area (Å²) in [6.07, 6.45) is 0. The van der Waals surface area contributed by atoms with Crippen molar-refractivity contribution in [2.45, 2.75) is 13.8 Å². The first-order chi connectivity index (χ1) is 7.20. The smallest absolute Gasteiger partial charge is 0.339 e. The molecule has 1 heterocycles. The SMILES string of the molecule is CCOc1cc(=O)oc2cc(C)ccc12. The quantitative estimate of drug-likeness (QED) is 0.705. The van der Waals surface area contributed by atoms with Crippen molar-refractivity contribution in [3.63, 3.8) is 0 Å². The van der Waals surface area contributed by atoms with Gasteiger partial charge in [0.05, 0.1) is 18.1 Å². The normalized spacial score (nSPS) is 10.5. The van der Waals surface area contributed by atoms with Crippen LogP contribution < -0.4 is 10.4 Å². The van der Waals surface area contributed by atoms with E-state index < -0.39 is 0 Å². The van der Waals surface area contributed by atoms with Crippen LogP contribution in [-0.4, -0.2) is 6.61 Å². The third-order valence-electron chi connectivity index (χ3n) is 2.16. The molecule has 0 atom stereocenters. The summed E-state index contributed by atoms with van der Waals surface area (Å²) in [6.45, 7) is 4.37. The molecule has 0 spiro atoms. The number of benzene rings is 1. The summed E-state index contributed by atoms with van der Waals surface area (Å²) in [4.78, 5) is 11.2. The van der Waals surface area contributed by atoms with E-state index in [4.69, 9.17) is 9.15 Å². The molecule has 1 aromatic carbocycles. The Kier molecular flexibility index (Phi) is 2.46. The zero-order valence-corrected chi connectivity index (χ0v) is 8.74. The van der Waals surface area contributed by atoms with Gasteiger partial charge in [-0.1, -0.05) is 6.07 Å². The molecular weight excluding hydrogens is 192 g/mol. The van der Waals surface area contributed by atoms with Crippen molar-refractivity contribution in [1.82, 2.24) is 0 Å². The lowest BCUT2D eigenvalue weighted by molar-refractivity contribution is 0.341. The highest BCUT2D eigenvalue weighted by atomic mass is 16.5. The average Bonchev–Trinajstić information content (AvgIpc) is 2.17. The topological polar surface area (TPSA) is 39.4 Å². The maximum Gasteiger partial charge on any atom is 0.339 e. The number of fused-ring (bicyclic) bond motifs is 1. The summed E-state index contributed by atoms with van der Waals surface area (Å²) in [5.74, 6) is 0.587. The standard InChI is InChI=1S/C12H12O3/c1-3-14-10-7-12(13)15-11-6-8(2)4-5-9(10)11/h4-7H,3H2,1-2H3. The van der Waals surface area contributed by atoms with Crippen LogP contribution >= 0.6 is 0 Å². The van der Waals surface area contributed by atoms with Gasteiger partial charge in [-0.2, -0.15) is 0 Å². The van der Waals surface area contributed by atoms with Crippen LogP contribution in [0.1, 0.15) is 12.5 Å². The molecule has 2 rings (SSSR count). The Morgan fingerprint density at radius 2 is 2.13 bits per heavy atom. The molecule has 1 aromatic heterocycles. The molecule has 0 saturated carbocycles. The van der Waals surface area contributed by atoms with Crippen molar-refractivity contribution in [2.24, 2.45) is 0 Å². The number of hydrogen-bond acceptors (Lipinski definition) is 3. The zero-order chi connectivity index (χ0) is 10.8. The summed E-state index contributed by atoms with van der Waals surface area (Å²) in [7, 11) is 0. The predicted octanol–water partition coefficient (Wildman–Crippen LogP) is 2.50. The molecule has 15 heavy (non-hydrogen) atoms. The molecule has 3 heteroatoms. The van der Waals surface area contributed by atoms with Gasteiger partial charge in [-0.3, -0.25) is 0 Å². The lowest BCUT2D eigenvalue weighted by atomic mass is 10.1. The van der Waals surface area contributed by atoms with Gasteiger partial charge < -0.3 is 9.15 Å². The minimum Gasteiger partial charge on any atom is -0.493 e.